The van der Waals surface area contributed by atoms with Crippen LogP contribution in [0.15, 0.2) is 48.5 Å². The third-order valence-corrected chi connectivity index (χ3v) is 8.07. The van der Waals surface area contributed by atoms with Gasteiger partial charge in [0.25, 0.3) is 0 Å². The molecule has 0 radical (unpaired) electrons. The van der Waals surface area contributed by atoms with E-state index in [2.05, 4.69) is 35.8 Å². The van der Waals surface area contributed by atoms with E-state index in [1.807, 2.05) is 50.5 Å². The molecule has 0 heterocycles. The third kappa shape index (κ3) is 17.6. The van der Waals surface area contributed by atoms with E-state index in [0.29, 0.717) is 13.1 Å². The first-order valence-electron chi connectivity index (χ1n) is 17.3. The molecule has 0 N–H and O–H groups in total. The van der Waals surface area contributed by atoms with Gasteiger partial charge in [0.05, 0.1) is 13.1 Å². The van der Waals surface area contributed by atoms with Gasteiger partial charge in [0.2, 0.25) is 0 Å². The topological polar surface area (TPSA) is 59.1 Å². The van der Waals surface area contributed by atoms with Crippen molar-refractivity contribution < 1.29 is 19.1 Å². The molecule has 0 bridgehead atoms. The zero-order valence-corrected chi connectivity index (χ0v) is 28.3. The van der Waals surface area contributed by atoms with Gasteiger partial charge in [0, 0.05) is 0 Å². The summed E-state index contributed by atoms with van der Waals surface area (Å²) in [5.41, 5.74) is 3.98. The summed E-state index contributed by atoms with van der Waals surface area (Å²) in [6.45, 7) is 7.44. The van der Waals surface area contributed by atoms with Crippen LogP contribution in [0, 0.1) is 0 Å². The first-order valence-corrected chi connectivity index (χ1v) is 17.3. The van der Waals surface area contributed by atoms with E-state index in [1.54, 1.807) is 0 Å². The number of carbonyl (C=O) groups excluding carboxylic acids is 2. The van der Waals surface area contributed by atoms with E-state index < -0.39 is 0 Å². The van der Waals surface area contributed by atoms with Crippen LogP contribution >= 0.6 is 0 Å². The van der Waals surface area contributed by atoms with E-state index in [4.69, 9.17) is 9.47 Å². The van der Waals surface area contributed by atoms with Gasteiger partial charge in [-0.05, 0) is 74.4 Å². The Kier molecular flexibility index (Phi) is 20.2. The number of ether oxygens (including phenoxy) is 2. The fourth-order valence-electron chi connectivity index (χ4n) is 5.38. The molecule has 0 amide bonds. The van der Waals surface area contributed by atoms with Crippen molar-refractivity contribution in [1.29, 1.82) is 0 Å². The van der Waals surface area contributed by atoms with E-state index in [9.17, 15) is 9.59 Å². The second kappa shape index (κ2) is 23.7. The van der Waals surface area contributed by atoms with Crippen LogP contribution < -0.4 is 0 Å². The summed E-state index contributed by atoms with van der Waals surface area (Å²) in [7, 11) is 3.97. The molecule has 2 aromatic rings. The Hall–Kier alpha value is -2.70. The van der Waals surface area contributed by atoms with Crippen LogP contribution in [0.3, 0.4) is 0 Å². The number of carbonyl (C=O) groups is 2. The standard InChI is InChI=1S/C38H60N2O4/c1-5-7-9-11-13-15-17-25-39(3)29-37(41)43-31-33-21-19-23-35(27-33)36-24-20-22-34(28-36)32-44-38(42)30-40(4)26-18-16-14-12-10-8-6-2/h19-24,27-28H,5-18,25-26,29-32H2,1-4H3. The summed E-state index contributed by atoms with van der Waals surface area (Å²) >= 11 is 0. The molecule has 0 unspecified atom stereocenters. The zero-order valence-electron chi connectivity index (χ0n) is 28.3. The highest BCUT2D eigenvalue weighted by Crippen LogP contribution is 2.22. The minimum Gasteiger partial charge on any atom is -0.460 e. The third-order valence-electron chi connectivity index (χ3n) is 8.07. The van der Waals surface area contributed by atoms with E-state index >= 15 is 0 Å². The largest absolute Gasteiger partial charge is 0.460 e. The van der Waals surface area contributed by atoms with Crippen molar-refractivity contribution in [3.05, 3.63) is 59.7 Å². The summed E-state index contributed by atoms with van der Waals surface area (Å²) in [4.78, 5) is 29.0. The van der Waals surface area contributed by atoms with E-state index in [-0.39, 0.29) is 25.2 Å². The Morgan fingerprint density at radius 2 is 0.909 bits per heavy atom. The number of likely N-dealkylation sites (N-methyl/N-ethyl adjacent to an activating group) is 2. The molecule has 2 rings (SSSR count). The van der Waals surface area contributed by atoms with Crippen LogP contribution in [0.4, 0.5) is 0 Å². The molecule has 0 aliphatic carbocycles. The Bertz CT molecular complexity index is 973. The fraction of sp³-hybridized carbons (Fsp3) is 0.632. The predicted molar refractivity (Wildman–Crippen MR) is 182 cm³/mol. The lowest BCUT2D eigenvalue weighted by molar-refractivity contribution is -0.146. The van der Waals surface area contributed by atoms with Crippen molar-refractivity contribution in [1.82, 2.24) is 9.80 Å². The van der Waals surface area contributed by atoms with Crippen LogP contribution in [0.1, 0.15) is 115 Å². The Labute approximate surface area is 268 Å². The molecule has 0 spiro atoms. The van der Waals surface area contributed by atoms with Gasteiger partial charge in [-0.3, -0.25) is 19.4 Å². The summed E-state index contributed by atoms with van der Waals surface area (Å²) in [5, 5.41) is 0. The van der Waals surface area contributed by atoms with E-state index in [0.717, 1.165) is 48.2 Å². The average Bonchev–Trinajstić information content (AvgIpc) is 3.02. The number of esters is 2. The molecule has 6 heteroatoms. The van der Waals surface area contributed by atoms with Crippen molar-refractivity contribution in [2.24, 2.45) is 0 Å². The van der Waals surface area contributed by atoms with Gasteiger partial charge < -0.3 is 9.47 Å². The Morgan fingerprint density at radius 1 is 0.545 bits per heavy atom. The van der Waals surface area contributed by atoms with Gasteiger partial charge in [0.1, 0.15) is 13.2 Å². The first-order chi connectivity index (χ1) is 21.4. The minimum absolute atomic E-state index is 0.197. The SMILES string of the molecule is CCCCCCCCCN(C)CC(=O)OCc1cccc(-c2cccc(COC(=O)CN(C)CCCCCCCCC)c2)c1. The van der Waals surface area contributed by atoms with Crippen molar-refractivity contribution in [2.45, 2.75) is 117 Å². The number of benzene rings is 2. The van der Waals surface area contributed by atoms with Gasteiger partial charge in [-0.2, -0.15) is 0 Å². The summed E-state index contributed by atoms with van der Waals surface area (Å²) in [5.74, 6) is -0.393. The molecule has 0 aromatic heterocycles. The van der Waals surface area contributed by atoms with Crippen LogP contribution in [-0.2, 0) is 32.3 Å². The lowest BCUT2D eigenvalue weighted by Gasteiger charge is -2.16. The maximum atomic E-state index is 12.4. The quantitative estimate of drug-likeness (QED) is 0.0829. The summed E-state index contributed by atoms with van der Waals surface area (Å²) < 4.78 is 11.2. The van der Waals surface area contributed by atoms with Gasteiger partial charge in [-0.15, -0.1) is 0 Å². The van der Waals surface area contributed by atoms with Crippen molar-refractivity contribution >= 4 is 11.9 Å². The van der Waals surface area contributed by atoms with Crippen LogP contribution in [0.5, 0.6) is 0 Å². The molecule has 2 aromatic carbocycles. The predicted octanol–water partition coefficient (Wildman–Crippen LogP) is 8.80. The molecule has 0 aliphatic heterocycles. The second-order valence-corrected chi connectivity index (χ2v) is 12.4. The molecule has 0 fully saturated rings. The van der Waals surface area contributed by atoms with Crippen LogP contribution in [-0.4, -0.2) is 62.0 Å². The van der Waals surface area contributed by atoms with Crippen LogP contribution in [0.2, 0.25) is 0 Å². The number of hydrogen-bond acceptors (Lipinski definition) is 6. The lowest BCUT2D eigenvalue weighted by Crippen LogP contribution is -2.28. The van der Waals surface area contributed by atoms with Crippen LogP contribution in [0.25, 0.3) is 11.1 Å². The molecule has 0 aliphatic rings. The highest BCUT2D eigenvalue weighted by atomic mass is 16.5. The van der Waals surface area contributed by atoms with Gasteiger partial charge in [-0.1, -0.05) is 127 Å². The molecule has 0 saturated heterocycles. The Balaban J connectivity index is 1.71. The lowest BCUT2D eigenvalue weighted by atomic mass is 10.0. The number of hydrogen-bond donors (Lipinski definition) is 0. The average molecular weight is 609 g/mol. The van der Waals surface area contributed by atoms with Crippen molar-refractivity contribution in [2.75, 3.05) is 40.3 Å². The molecular formula is C38H60N2O4. The molecule has 0 atom stereocenters. The monoisotopic (exact) mass is 608 g/mol. The zero-order chi connectivity index (χ0) is 31.8. The maximum absolute atomic E-state index is 12.4. The normalized spacial score (nSPS) is 11.3. The molecule has 44 heavy (non-hydrogen) atoms. The maximum Gasteiger partial charge on any atom is 0.320 e. The first kappa shape index (κ1) is 37.5. The van der Waals surface area contributed by atoms with Gasteiger partial charge in [0.15, 0.2) is 0 Å². The fourth-order valence-corrected chi connectivity index (χ4v) is 5.38. The molecule has 0 saturated carbocycles. The highest BCUT2D eigenvalue weighted by molar-refractivity contribution is 5.72. The molecular weight excluding hydrogens is 548 g/mol. The second-order valence-electron chi connectivity index (χ2n) is 12.4. The van der Waals surface area contributed by atoms with Crippen molar-refractivity contribution in [3.63, 3.8) is 0 Å². The van der Waals surface area contributed by atoms with Crippen molar-refractivity contribution in [3.8, 4) is 11.1 Å². The van der Waals surface area contributed by atoms with Gasteiger partial charge in [-0.25, -0.2) is 0 Å². The summed E-state index contributed by atoms with van der Waals surface area (Å²) in [6.07, 6.45) is 17.7. The molecule has 246 valence electrons. The van der Waals surface area contributed by atoms with Gasteiger partial charge >= 0.3 is 11.9 Å². The number of rotatable bonds is 25. The number of nitrogens with zero attached hydrogens (tertiary/aromatic N) is 2. The summed E-state index contributed by atoms with van der Waals surface area (Å²) in [6, 6.07) is 16.1. The molecule has 6 nitrogen and oxygen atoms in total. The Morgan fingerprint density at radius 3 is 1.30 bits per heavy atom. The minimum atomic E-state index is -0.197. The van der Waals surface area contributed by atoms with E-state index in [1.165, 1.54) is 77.0 Å². The number of unbranched alkanes of at least 4 members (excludes halogenated alkanes) is 12. The smallest absolute Gasteiger partial charge is 0.320 e. The highest BCUT2D eigenvalue weighted by Gasteiger charge is 2.11.